The Bertz CT molecular complexity index is 567. The number of carbonyl (C=O) groups is 2. The zero-order valence-electron chi connectivity index (χ0n) is 13.1. The van der Waals surface area contributed by atoms with Crippen LogP contribution in [0.1, 0.15) is 31.1 Å². The van der Waals surface area contributed by atoms with Gasteiger partial charge in [0, 0.05) is 38.7 Å². The molecule has 1 fully saturated rings. The first kappa shape index (κ1) is 16.3. The zero-order valence-corrected chi connectivity index (χ0v) is 13.1. The summed E-state index contributed by atoms with van der Waals surface area (Å²) in [7, 11) is 0. The minimum atomic E-state index is -0.540. The third-order valence-corrected chi connectivity index (χ3v) is 3.55. The van der Waals surface area contributed by atoms with E-state index in [2.05, 4.69) is 0 Å². The highest BCUT2D eigenvalue weighted by molar-refractivity contribution is 5.94. The highest BCUT2D eigenvalue weighted by Gasteiger charge is 2.24. The van der Waals surface area contributed by atoms with E-state index in [1.54, 1.807) is 15.9 Å². The first-order valence-electron chi connectivity index (χ1n) is 7.39. The molecular formula is C16H21FN2O3. The fourth-order valence-corrected chi connectivity index (χ4v) is 2.39. The second-order valence-corrected chi connectivity index (χ2v) is 5.61. The average molecular weight is 308 g/mol. The van der Waals surface area contributed by atoms with Crippen LogP contribution >= 0.6 is 0 Å². The van der Waals surface area contributed by atoms with Gasteiger partial charge in [0.05, 0.1) is 6.10 Å². The van der Waals surface area contributed by atoms with Crippen molar-refractivity contribution in [3.05, 3.63) is 29.6 Å². The van der Waals surface area contributed by atoms with Gasteiger partial charge < -0.3 is 14.5 Å². The number of benzene rings is 1. The van der Waals surface area contributed by atoms with Crippen LogP contribution in [0, 0.1) is 5.82 Å². The molecule has 0 bridgehead atoms. The first-order valence-corrected chi connectivity index (χ1v) is 7.39. The summed E-state index contributed by atoms with van der Waals surface area (Å²) >= 11 is 0. The van der Waals surface area contributed by atoms with Crippen LogP contribution in [0.5, 0.6) is 5.75 Å². The van der Waals surface area contributed by atoms with Crippen molar-refractivity contribution in [1.29, 1.82) is 0 Å². The largest absolute Gasteiger partial charge is 0.488 e. The number of hydrogen-bond donors (Lipinski definition) is 0. The monoisotopic (exact) mass is 308 g/mol. The van der Waals surface area contributed by atoms with Gasteiger partial charge in [-0.15, -0.1) is 0 Å². The maximum absolute atomic E-state index is 14.0. The van der Waals surface area contributed by atoms with Crippen molar-refractivity contribution in [2.75, 3.05) is 26.2 Å². The van der Waals surface area contributed by atoms with Crippen molar-refractivity contribution >= 4 is 11.8 Å². The number of halogens is 1. The van der Waals surface area contributed by atoms with Crippen molar-refractivity contribution < 1.29 is 18.7 Å². The van der Waals surface area contributed by atoms with Crippen LogP contribution < -0.4 is 4.74 Å². The predicted octanol–water partition coefficient (Wildman–Crippen LogP) is 1.92. The normalized spacial score (nSPS) is 15.1. The average Bonchev–Trinajstić information content (AvgIpc) is 2.48. The van der Waals surface area contributed by atoms with Gasteiger partial charge in [0.15, 0.2) is 11.6 Å². The molecule has 0 aromatic heterocycles. The van der Waals surface area contributed by atoms with E-state index in [4.69, 9.17) is 4.74 Å². The third-order valence-electron chi connectivity index (χ3n) is 3.55. The van der Waals surface area contributed by atoms with E-state index in [1.807, 2.05) is 13.8 Å². The standard InChI is InChI=1S/C16H21FN2O3/c1-11(2)22-15-5-4-13(10-14(15)17)16(21)19-8-6-18(7-9-19)12(3)20/h4-5,10-11H,6-9H2,1-3H3. The Morgan fingerprint density at radius 1 is 1.14 bits per heavy atom. The number of ether oxygens (including phenoxy) is 1. The van der Waals surface area contributed by atoms with Crippen molar-refractivity contribution in [1.82, 2.24) is 9.80 Å². The van der Waals surface area contributed by atoms with Crippen LogP contribution in [0.3, 0.4) is 0 Å². The minimum absolute atomic E-state index is 0.00771. The Kier molecular flexibility index (Phi) is 5.00. The molecule has 0 spiro atoms. The lowest BCUT2D eigenvalue weighted by Gasteiger charge is -2.34. The van der Waals surface area contributed by atoms with Crippen molar-refractivity contribution in [2.45, 2.75) is 26.9 Å². The Morgan fingerprint density at radius 3 is 2.23 bits per heavy atom. The quantitative estimate of drug-likeness (QED) is 0.857. The third kappa shape index (κ3) is 3.75. The minimum Gasteiger partial charge on any atom is -0.488 e. The summed E-state index contributed by atoms with van der Waals surface area (Å²) in [4.78, 5) is 27.0. The highest BCUT2D eigenvalue weighted by atomic mass is 19.1. The maximum Gasteiger partial charge on any atom is 0.254 e. The summed E-state index contributed by atoms with van der Waals surface area (Å²) in [6.45, 7) is 7.09. The summed E-state index contributed by atoms with van der Waals surface area (Å²) in [5.74, 6) is -0.610. The topological polar surface area (TPSA) is 49.9 Å². The predicted molar refractivity (Wildman–Crippen MR) is 80.3 cm³/mol. The van der Waals surface area contributed by atoms with E-state index >= 15 is 0 Å². The summed E-state index contributed by atoms with van der Waals surface area (Å²) in [6, 6.07) is 4.26. The number of piperazine rings is 1. The van der Waals surface area contributed by atoms with Gasteiger partial charge in [-0.05, 0) is 32.0 Å². The number of rotatable bonds is 3. The van der Waals surface area contributed by atoms with Gasteiger partial charge in [0.1, 0.15) is 0 Å². The van der Waals surface area contributed by atoms with Crippen LogP contribution in [0.15, 0.2) is 18.2 Å². The molecule has 1 aromatic rings. The van der Waals surface area contributed by atoms with Gasteiger partial charge in [-0.1, -0.05) is 0 Å². The first-order chi connectivity index (χ1) is 10.4. The molecule has 1 aliphatic heterocycles. The second-order valence-electron chi connectivity index (χ2n) is 5.61. The van der Waals surface area contributed by atoms with Crippen LogP contribution in [-0.2, 0) is 4.79 Å². The fourth-order valence-electron chi connectivity index (χ4n) is 2.39. The molecular weight excluding hydrogens is 287 g/mol. The highest BCUT2D eigenvalue weighted by Crippen LogP contribution is 2.21. The Morgan fingerprint density at radius 2 is 1.73 bits per heavy atom. The number of amides is 2. The van der Waals surface area contributed by atoms with E-state index in [0.29, 0.717) is 31.7 Å². The molecule has 22 heavy (non-hydrogen) atoms. The molecule has 1 heterocycles. The van der Waals surface area contributed by atoms with Crippen LogP contribution in [-0.4, -0.2) is 53.9 Å². The summed E-state index contributed by atoms with van der Waals surface area (Å²) in [5.41, 5.74) is 0.296. The second kappa shape index (κ2) is 6.77. The fraction of sp³-hybridized carbons (Fsp3) is 0.500. The molecule has 1 saturated heterocycles. The molecule has 0 radical (unpaired) electrons. The molecule has 5 nitrogen and oxygen atoms in total. The van der Waals surface area contributed by atoms with Crippen LogP contribution in [0.4, 0.5) is 4.39 Å². The lowest BCUT2D eigenvalue weighted by molar-refractivity contribution is -0.130. The van der Waals surface area contributed by atoms with Gasteiger partial charge in [0.2, 0.25) is 5.91 Å². The Hall–Kier alpha value is -2.11. The van der Waals surface area contributed by atoms with Gasteiger partial charge >= 0.3 is 0 Å². The van der Waals surface area contributed by atoms with Crippen molar-refractivity contribution in [2.24, 2.45) is 0 Å². The van der Waals surface area contributed by atoms with E-state index in [9.17, 15) is 14.0 Å². The molecule has 2 rings (SSSR count). The van der Waals surface area contributed by atoms with Gasteiger partial charge in [-0.2, -0.15) is 0 Å². The Labute approximate surface area is 129 Å². The molecule has 120 valence electrons. The van der Waals surface area contributed by atoms with Crippen molar-refractivity contribution in [3.8, 4) is 5.75 Å². The lowest BCUT2D eigenvalue weighted by atomic mass is 10.1. The molecule has 0 aliphatic carbocycles. The molecule has 1 aromatic carbocycles. The zero-order chi connectivity index (χ0) is 16.3. The molecule has 0 N–H and O–H groups in total. The molecule has 0 unspecified atom stereocenters. The number of carbonyl (C=O) groups excluding carboxylic acids is 2. The van der Waals surface area contributed by atoms with Crippen molar-refractivity contribution in [3.63, 3.8) is 0 Å². The van der Waals surface area contributed by atoms with E-state index < -0.39 is 5.82 Å². The maximum atomic E-state index is 14.0. The summed E-state index contributed by atoms with van der Waals surface area (Å²) < 4.78 is 19.3. The summed E-state index contributed by atoms with van der Waals surface area (Å²) in [6.07, 6.45) is -0.129. The van der Waals surface area contributed by atoms with Crippen LogP contribution in [0.25, 0.3) is 0 Å². The molecule has 0 saturated carbocycles. The van der Waals surface area contributed by atoms with E-state index in [1.165, 1.54) is 19.1 Å². The van der Waals surface area contributed by atoms with Crippen LogP contribution in [0.2, 0.25) is 0 Å². The molecule has 6 heteroatoms. The molecule has 0 atom stereocenters. The summed E-state index contributed by atoms with van der Waals surface area (Å²) in [5, 5.41) is 0. The van der Waals surface area contributed by atoms with E-state index in [-0.39, 0.29) is 23.7 Å². The number of hydrogen-bond acceptors (Lipinski definition) is 3. The van der Waals surface area contributed by atoms with Gasteiger partial charge in [-0.3, -0.25) is 9.59 Å². The van der Waals surface area contributed by atoms with Gasteiger partial charge in [0.25, 0.3) is 5.91 Å². The lowest BCUT2D eigenvalue weighted by Crippen LogP contribution is -2.50. The SMILES string of the molecule is CC(=O)N1CCN(C(=O)c2ccc(OC(C)C)c(F)c2)CC1. The van der Waals surface area contributed by atoms with E-state index in [0.717, 1.165) is 0 Å². The van der Waals surface area contributed by atoms with Gasteiger partial charge in [-0.25, -0.2) is 4.39 Å². The Balaban J connectivity index is 2.04. The smallest absolute Gasteiger partial charge is 0.254 e. The number of nitrogens with zero attached hydrogens (tertiary/aromatic N) is 2. The molecule has 2 amide bonds. The molecule has 1 aliphatic rings.